The summed E-state index contributed by atoms with van der Waals surface area (Å²) in [7, 11) is 1.64. The molecule has 1 aromatic rings. The Morgan fingerprint density at radius 1 is 1.20 bits per heavy atom. The number of nitrogens with zero attached hydrogens (tertiary/aromatic N) is 1. The number of hydrogen-bond donors (Lipinski definition) is 2. The number of nitrogens with one attached hydrogen (secondary N) is 1. The standard InChI is InChI=1S/C19H26N2O4/c1-25-16-5-2-4-14(12-16)17-6-3-11-21(17)19(24)20-15-9-7-13(8-10-15)18(22)23/h2,4-5,12-13,15,17H,3,6-11H2,1H3,(H,20,24)(H,22,23). The van der Waals surface area contributed by atoms with Crippen molar-refractivity contribution >= 4 is 12.0 Å². The summed E-state index contributed by atoms with van der Waals surface area (Å²) in [5.74, 6) is -0.177. The Morgan fingerprint density at radius 3 is 2.64 bits per heavy atom. The Labute approximate surface area is 148 Å². The highest BCUT2D eigenvalue weighted by atomic mass is 16.5. The Hall–Kier alpha value is -2.24. The molecule has 0 spiro atoms. The smallest absolute Gasteiger partial charge is 0.318 e. The van der Waals surface area contributed by atoms with Gasteiger partial charge in [0.2, 0.25) is 0 Å². The maximum absolute atomic E-state index is 12.7. The van der Waals surface area contributed by atoms with E-state index < -0.39 is 5.97 Å². The predicted molar refractivity (Wildman–Crippen MR) is 93.6 cm³/mol. The number of urea groups is 1. The molecule has 2 aliphatic rings. The largest absolute Gasteiger partial charge is 0.497 e. The van der Waals surface area contributed by atoms with Gasteiger partial charge in [0.25, 0.3) is 0 Å². The number of aliphatic carboxylic acids is 1. The van der Waals surface area contributed by atoms with Gasteiger partial charge in [-0.25, -0.2) is 4.79 Å². The Bertz CT molecular complexity index is 626. The molecule has 0 bridgehead atoms. The van der Waals surface area contributed by atoms with Crippen LogP contribution in [0.2, 0.25) is 0 Å². The normalized spacial score (nSPS) is 26.3. The van der Waals surface area contributed by atoms with Gasteiger partial charge in [0.05, 0.1) is 19.1 Å². The molecular formula is C19H26N2O4. The van der Waals surface area contributed by atoms with Gasteiger partial charge in [-0.3, -0.25) is 4.79 Å². The minimum absolute atomic E-state index is 0.0379. The molecule has 2 N–H and O–H groups in total. The van der Waals surface area contributed by atoms with Crippen LogP contribution in [0.3, 0.4) is 0 Å². The molecule has 6 heteroatoms. The summed E-state index contributed by atoms with van der Waals surface area (Å²) in [6.45, 7) is 0.748. The minimum atomic E-state index is -0.720. The molecule has 6 nitrogen and oxygen atoms in total. The quantitative estimate of drug-likeness (QED) is 0.877. The van der Waals surface area contributed by atoms with Gasteiger partial charge in [-0.1, -0.05) is 12.1 Å². The number of rotatable bonds is 4. The summed E-state index contributed by atoms with van der Waals surface area (Å²) in [6, 6.07) is 8.01. The van der Waals surface area contributed by atoms with Gasteiger partial charge in [-0.05, 0) is 56.2 Å². The van der Waals surface area contributed by atoms with Crippen molar-refractivity contribution in [2.24, 2.45) is 5.92 Å². The number of amides is 2. The summed E-state index contributed by atoms with van der Waals surface area (Å²) in [5.41, 5.74) is 1.10. The average molecular weight is 346 g/mol. The Balaban J connectivity index is 1.60. The average Bonchev–Trinajstić information content (AvgIpc) is 3.12. The number of likely N-dealkylation sites (tertiary alicyclic amines) is 1. The zero-order valence-corrected chi connectivity index (χ0v) is 14.6. The van der Waals surface area contributed by atoms with E-state index in [1.165, 1.54) is 0 Å². The van der Waals surface area contributed by atoms with Crippen molar-refractivity contribution in [2.45, 2.75) is 50.6 Å². The summed E-state index contributed by atoms with van der Waals surface area (Å²) in [6.07, 6.45) is 4.69. The molecule has 2 amide bonds. The molecule has 1 aromatic carbocycles. The van der Waals surface area contributed by atoms with Gasteiger partial charge < -0.3 is 20.1 Å². The lowest BCUT2D eigenvalue weighted by atomic mass is 9.86. The molecule has 0 aromatic heterocycles. The topological polar surface area (TPSA) is 78.9 Å². The third-order valence-electron chi connectivity index (χ3n) is 5.40. The number of carboxylic acid groups (broad SMARTS) is 1. The maximum atomic E-state index is 12.7. The van der Waals surface area contributed by atoms with Crippen LogP contribution in [0.1, 0.15) is 50.1 Å². The number of carbonyl (C=O) groups excluding carboxylic acids is 1. The molecule has 1 heterocycles. The van der Waals surface area contributed by atoms with Crippen molar-refractivity contribution in [2.75, 3.05) is 13.7 Å². The maximum Gasteiger partial charge on any atom is 0.318 e. The van der Waals surface area contributed by atoms with Crippen LogP contribution >= 0.6 is 0 Å². The molecule has 2 fully saturated rings. The van der Waals surface area contributed by atoms with E-state index in [4.69, 9.17) is 9.84 Å². The number of methoxy groups -OCH3 is 1. The number of ether oxygens (including phenoxy) is 1. The zero-order chi connectivity index (χ0) is 17.8. The summed E-state index contributed by atoms with van der Waals surface area (Å²) < 4.78 is 5.29. The molecule has 136 valence electrons. The Morgan fingerprint density at radius 2 is 1.96 bits per heavy atom. The van der Waals surface area contributed by atoms with Crippen LogP contribution in [0.4, 0.5) is 4.79 Å². The van der Waals surface area contributed by atoms with Gasteiger partial charge in [0.15, 0.2) is 0 Å². The molecule has 0 radical (unpaired) electrons. The fourth-order valence-electron chi connectivity index (χ4n) is 3.95. The van der Waals surface area contributed by atoms with E-state index in [1.807, 2.05) is 29.2 Å². The predicted octanol–water partition coefficient (Wildman–Crippen LogP) is 3.19. The summed E-state index contributed by atoms with van der Waals surface area (Å²) >= 11 is 0. The first-order chi connectivity index (χ1) is 12.1. The second kappa shape index (κ2) is 7.76. The lowest BCUT2D eigenvalue weighted by molar-refractivity contribution is -0.142. The molecule has 25 heavy (non-hydrogen) atoms. The monoisotopic (exact) mass is 346 g/mol. The fourth-order valence-corrected chi connectivity index (χ4v) is 3.95. The van der Waals surface area contributed by atoms with E-state index in [0.717, 1.165) is 43.5 Å². The van der Waals surface area contributed by atoms with Crippen LogP contribution < -0.4 is 10.1 Å². The van der Waals surface area contributed by atoms with Gasteiger partial charge >= 0.3 is 12.0 Å². The summed E-state index contributed by atoms with van der Waals surface area (Å²) in [4.78, 5) is 25.7. The molecule has 3 rings (SSSR count). The zero-order valence-electron chi connectivity index (χ0n) is 14.6. The van der Waals surface area contributed by atoms with E-state index in [1.54, 1.807) is 7.11 Å². The lowest BCUT2D eigenvalue weighted by Crippen LogP contribution is -2.46. The lowest BCUT2D eigenvalue weighted by Gasteiger charge is -2.31. The van der Waals surface area contributed by atoms with Gasteiger partial charge in [-0.15, -0.1) is 0 Å². The number of carboxylic acids is 1. The highest BCUT2D eigenvalue weighted by Crippen LogP contribution is 2.34. The van der Waals surface area contributed by atoms with Crippen molar-refractivity contribution in [3.63, 3.8) is 0 Å². The molecular weight excluding hydrogens is 320 g/mol. The van der Waals surface area contributed by atoms with Gasteiger partial charge in [0.1, 0.15) is 5.75 Å². The first-order valence-electron chi connectivity index (χ1n) is 9.02. The van der Waals surface area contributed by atoms with Gasteiger partial charge in [-0.2, -0.15) is 0 Å². The van der Waals surface area contributed by atoms with Crippen LogP contribution in [-0.2, 0) is 4.79 Å². The van der Waals surface area contributed by atoms with Crippen LogP contribution in [-0.4, -0.2) is 41.7 Å². The number of hydrogen-bond acceptors (Lipinski definition) is 3. The van der Waals surface area contributed by atoms with Crippen molar-refractivity contribution in [1.82, 2.24) is 10.2 Å². The third kappa shape index (κ3) is 4.06. The van der Waals surface area contributed by atoms with Crippen molar-refractivity contribution in [3.8, 4) is 5.75 Å². The molecule has 1 unspecified atom stereocenters. The molecule has 1 saturated heterocycles. The van der Waals surface area contributed by atoms with Gasteiger partial charge in [0, 0.05) is 12.6 Å². The van der Waals surface area contributed by atoms with Crippen LogP contribution in [0.25, 0.3) is 0 Å². The van der Waals surface area contributed by atoms with E-state index >= 15 is 0 Å². The SMILES string of the molecule is COc1cccc(C2CCCN2C(=O)NC2CCC(C(=O)O)CC2)c1. The highest BCUT2D eigenvalue weighted by Gasteiger charge is 2.33. The first-order valence-corrected chi connectivity index (χ1v) is 9.02. The second-order valence-corrected chi connectivity index (χ2v) is 6.96. The van der Waals surface area contributed by atoms with E-state index in [0.29, 0.717) is 12.8 Å². The van der Waals surface area contributed by atoms with Crippen LogP contribution in [0.5, 0.6) is 5.75 Å². The molecule has 1 aliphatic carbocycles. The number of carbonyl (C=O) groups is 2. The third-order valence-corrected chi connectivity index (χ3v) is 5.40. The van der Waals surface area contributed by atoms with Crippen LogP contribution in [0, 0.1) is 5.92 Å². The minimum Gasteiger partial charge on any atom is -0.497 e. The fraction of sp³-hybridized carbons (Fsp3) is 0.579. The van der Waals surface area contributed by atoms with Crippen molar-refractivity contribution < 1.29 is 19.4 Å². The molecule has 1 aliphatic heterocycles. The van der Waals surface area contributed by atoms with E-state index in [9.17, 15) is 9.59 Å². The van der Waals surface area contributed by atoms with Crippen LogP contribution in [0.15, 0.2) is 24.3 Å². The highest BCUT2D eigenvalue weighted by molar-refractivity contribution is 5.75. The summed E-state index contributed by atoms with van der Waals surface area (Å²) in [5, 5.41) is 12.2. The molecule has 1 atom stereocenters. The van der Waals surface area contributed by atoms with Crippen molar-refractivity contribution in [3.05, 3.63) is 29.8 Å². The number of benzene rings is 1. The molecule has 1 saturated carbocycles. The second-order valence-electron chi connectivity index (χ2n) is 6.96. The van der Waals surface area contributed by atoms with Crippen molar-refractivity contribution in [1.29, 1.82) is 0 Å². The van der Waals surface area contributed by atoms with E-state index in [-0.39, 0.29) is 24.0 Å². The Kier molecular flexibility index (Phi) is 5.46. The first kappa shape index (κ1) is 17.6. The van der Waals surface area contributed by atoms with E-state index in [2.05, 4.69) is 5.32 Å².